The van der Waals surface area contributed by atoms with Crippen molar-refractivity contribution in [3.63, 3.8) is 0 Å². The van der Waals surface area contributed by atoms with E-state index in [4.69, 9.17) is 14.2 Å². The van der Waals surface area contributed by atoms with Gasteiger partial charge in [-0.2, -0.15) is 0 Å². The van der Waals surface area contributed by atoms with Gasteiger partial charge in [0.1, 0.15) is 0 Å². The maximum absolute atomic E-state index is 5.20. The van der Waals surface area contributed by atoms with Gasteiger partial charge in [-0.1, -0.05) is 0 Å². The van der Waals surface area contributed by atoms with Gasteiger partial charge in [0.25, 0.3) is 0 Å². The monoisotopic (exact) mass is 375 g/mol. The van der Waals surface area contributed by atoms with Crippen molar-refractivity contribution in [2.45, 2.75) is 0 Å². The molecule has 1 rings (SSSR count). The van der Waals surface area contributed by atoms with Crippen LogP contribution in [0.5, 0.6) is 17.2 Å². The first-order chi connectivity index (χ1) is 6.22. The second-order valence-electron chi connectivity index (χ2n) is 2.41. The van der Waals surface area contributed by atoms with Crippen LogP contribution in [0.2, 0.25) is 0 Å². The van der Waals surface area contributed by atoms with Crippen LogP contribution in [0.4, 0.5) is 0 Å². The molecule has 3 radical (unpaired) electrons. The number of hydrogen-bond donors (Lipinski definition) is 0. The van der Waals surface area contributed by atoms with Gasteiger partial charge >= 0.3 is 93.8 Å². The molecule has 0 aliphatic heterocycles. The Morgan fingerprint density at radius 1 is 0.923 bits per heavy atom. The van der Waals surface area contributed by atoms with E-state index < -0.39 is 0 Å². The molecule has 0 heterocycles. The van der Waals surface area contributed by atoms with E-state index in [0.717, 1.165) is 46.1 Å². The van der Waals surface area contributed by atoms with Crippen molar-refractivity contribution in [1.29, 1.82) is 0 Å². The predicted molar refractivity (Wildman–Crippen MR) is 51.5 cm³/mol. The molecule has 0 aliphatic rings. The van der Waals surface area contributed by atoms with E-state index in [2.05, 4.69) is 0 Å². The van der Waals surface area contributed by atoms with E-state index >= 15 is 0 Å². The van der Waals surface area contributed by atoms with E-state index in [-0.39, 0.29) is 0 Å². The van der Waals surface area contributed by atoms with Crippen molar-refractivity contribution in [2.75, 3.05) is 21.3 Å². The SMILES string of the molecule is COc1cc(OC)[c]([Pb])c(OC)c1. The summed E-state index contributed by atoms with van der Waals surface area (Å²) in [6.07, 6.45) is 0. The average Bonchev–Trinajstić information content (AvgIpc) is 2.18. The van der Waals surface area contributed by atoms with E-state index in [9.17, 15) is 0 Å². The summed E-state index contributed by atoms with van der Waals surface area (Å²) in [5.41, 5.74) is 0. The topological polar surface area (TPSA) is 27.7 Å². The quantitative estimate of drug-likeness (QED) is 0.722. The summed E-state index contributed by atoms with van der Waals surface area (Å²) in [7, 11) is 4.92. The summed E-state index contributed by atoms with van der Waals surface area (Å²) in [4.78, 5) is 0. The Bertz CT molecular complexity index is 274. The van der Waals surface area contributed by atoms with Crippen molar-refractivity contribution in [2.24, 2.45) is 0 Å². The molecule has 1 aromatic rings. The molecule has 13 heavy (non-hydrogen) atoms. The number of benzene rings is 1. The van der Waals surface area contributed by atoms with E-state index in [1.807, 2.05) is 12.1 Å². The Hall–Kier alpha value is -0.458. The Kier molecular flexibility index (Phi) is 3.83. The third kappa shape index (κ3) is 2.26. The molecular weight excluding hydrogens is 363 g/mol. The van der Waals surface area contributed by atoms with Crippen molar-refractivity contribution < 1.29 is 14.2 Å². The van der Waals surface area contributed by atoms with Crippen LogP contribution in [0.1, 0.15) is 0 Å². The van der Waals surface area contributed by atoms with Gasteiger partial charge in [-0.15, -0.1) is 0 Å². The zero-order valence-corrected chi connectivity index (χ0v) is 11.8. The molecule has 3 nitrogen and oxygen atoms in total. The van der Waals surface area contributed by atoms with Crippen LogP contribution in [-0.4, -0.2) is 47.1 Å². The van der Waals surface area contributed by atoms with Gasteiger partial charge in [-0.3, -0.25) is 0 Å². The number of rotatable bonds is 3. The second-order valence-corrected chi connectivity index (χ2v) is 4.35. The number of hydrogen-bond acceptors (Lipinski definition) is 3. The molecule has 1 aromatic carbocycles. The molecule has 0 spiro atoms. The first kappa shape index (κ1) is 10.6. The van der Waals surface area contributed by atoms with E-state index in [0.29, 0.717) is 0 Å². The van der Waals surface area contributed by atoms with Crippen LogP contribution >= 0.6 is 0 Å². The van der Waals surface area contributed by atoms with Crippen LogP contribution in [-0.2, 0) is 0 Å². The van der Waals surface area contributed by atoms with Gasteiger partial charge in [-0.05, 0) is 0 Å². The molecule has 0 aromatic heterocycles. The first-order valence-corrected chi connectivity index (χ1v) is 5.69. The summed E-state index contributed by atoms with van der Waals surface area (Å²) in [6, 6.07) is 3.73. The van der Waals surface area contributed by atoms with Crippen molar-refractivity contribution in [3.05, 3.63) is 12.1 Å². The van der Waals surface area contributed by atoms with Crippen molar-refractivity contribution >= 4 is 28.9 Å². The van der Waals surface area contributed by atoms with Crippen molar-refractivity contribution in [1.82, 2.24) is 0 Å². The van der Waals surface area contributed by atoms with Crippen LogP contribution in [0.3, 0.4) is 0 Å². The molecule has 69 valence electrons. The number of methoxy groups -OCH3 is 3. The molecule has 4 heteroatoms. The Balaban J connectivity index is 3.20. The zero-order chi connectivity index (χ0) is 9.84. The third-order valence-corrected chi connectivity index (χ3v) is 3.63. The van der Waals surface area contributed by atoms with Gasteiger partial charge in [-0.25, -0.2) is 0 Å². The molecule has 0 saturated heterocycles. The van der Waals surface area contributed by atoms with Gasteiger partial charge in [0.2, 0.25) is 0 Å². The Labute approximate surface area is 93.7 Å². The summed E-state index contributed by atoms with van der Waals surface area (Å²) in [6.45, 7) is 0. The van der Waals surface area contributed by atoms with Gasteiger partial charge in [0.05, 0.1) is 0 Å². The van der Waals surface area contributed by atoms with Crippen molar-refractivity contribution in [3.8, 4) is 17.2 Å². The van der Waals surface area contributed by atoms with Crippen LogP contribution in [0.25, 0.3) is 0 Å². The number of ether oxygens (including phenoxy) is 3. The first-order valence-electron chi connectivity index (χ1n) is 3.74. The molecule has 0 fully saturated rings. The Morgan fingerprint density at radius 3 is 1.69 bits per heavy atom. The summed E-state index contributed by atoms with van der Waals surface area (Å²) >= 11 is 0.891. The standard InChI is InChI=1S/C9H11O3.Pb/c1-10-7-4-8(11-2)6-9(5-7)12-3;/h4-5H,1-3H3;. The molecule has 0 N–H and O–H groups in total. The molecule has 0 amide bonds. The van der Waals surface area contributed by atoms with Crippen LogP contribution in [0.15, 0.2) is 12.1 Å². The maximum atomic E-state index is 5.20. The fourth-order valence-electron chi connectivity index (χ4n) is 1.01. The minimum atomic E-state index is 0.758. The van der Waals surface area contributed by atoms with E-state index in [1.54, 1.807) is 21.3 Å². The molecule has 0 atom stereocenters. The summed E-state index contributed by atoms with van der Waals surface area (Å²) in [5.74, 6) is 2.43. The van der Waals surface area contributed by atoms with E-state index in [1.165, 1.54) is 0 Å². The predicted octanol–water partition coefficient (Wildman–Crippen LogP) is 0.506. The minimum absolute atomic E-state index is 0.758. The molecular formula is C9H11O3Pb. The van der Waals surface area contributed by atoms with Gasteiger partial charge in [0.15, 0.2) is 0 Å². The fourth-order valence-corrected chi connectivity index (χ4v) is 2.36. The zero-order valence-electron chi connectivity index (χ0n) is 7.88. The third-order valence-electron chi connectivity index (χ3n) is 1.72. The molecule has 0 aliphatic carbocycles. The molecule has 0 saturated carbocycles. The Morgan fingerprint density at radius 2 is 1.38 bits per heavy atom. The summed E-state index contributed by atoms with van der Waals surface area (Å²) < 4.78 is 16.6. The molecule has 0 bridgehead atoms. The normalized spacial score (nSPS) is 9.54. The van der Waals surface area contributed by atoms with Gasteiger partial charge in [0, 0.05) is 0 Å². The van der Waals surface area contributed by atoms with Crippen LogP contribution < -0.4 is 17.3 Å². The van der Waals surface area contributed by atoms with Crippen LogP contribution in [0, 0.1) is 0 Å². The van der Waals surface area contributed by atoms with Gasteiger partial charge < -0.3 is 0 Å². The fraction of sp³-hybridized carbons (Fsp3) is 0.333. The summed E-state index contributed by atoms with van der Waals surface area (Å²) in [5, 5.41) is 0. The average molecular weight is 374 g/mol. The molecule has 0 unspecified atom stereocenters. The second kappa shape index (κ2) is 4.69.